The van der Waals surface area contributed by atoms with Crippen LogP contribution < -0.4 is 0 Å². The van der Waals surface area contributed by atoms with Crippen molar-refractivity contribution in [3.8, 4) is 0 Å². The van der Waals surface area contributed by atoms with Gasteiger partial charge in [0, 0.05) is 18.9 Å². The molecule has 1 unspecified atom stereocenters. The van der Waals surface area contributed by atoms with Gasteiger partial charge in [-0.3, -0.25) is 4.90 Å². The first-order valence-electron chi connectivity index (χ1n) is 8.19. The van der Waals surface area contributed by atoms with Crippen LogP contribution in [0.4, 0.5) is 18.0 Å². The van der Waals surface area contributed by atoms with Crippen LogP contribution in [0.3, 0.4) is 0 Å². The zero-order valence-corrected chi connectivity index (χ0v) is 14.9. The van der Waals surface area contributed by atoms with E-state index in [0.29, 0.717) is 19.4 Å². The molecule has 1 amide bonds. The molecule has 146 valence electrons. The predicted octanol–water partition coefficient (Wildman–Crippen LogP) is 2.89. The van der Waals surface area contributed by atoms with Crippen molar-refractivity contribution < 1.29 is 32.2 Å². The van der Waals surface area contributed by atoms with Gasteiger partial charge in [-0.1, -0.05) is 0 Å². The molecular formula is C16H22F3N3O4. The average molecular weight is 377 g/mol. The van der Waals surface area contributed by atoms with E-state index in [0.717, 1.165) is 4.57 Å². The highest BCUT2D eigenvalue weighted by atomic mass is 19.4. The number of carbonyl (C=O) groups excluding carboxylic acids is 2. The maximum absolute atomic E-state index is 12.5. The summed E-state index contributed by atoms with van der Waals surface area (Å²) in [6.07, 6.45) is -1.62. The van der Waals surface area contributed by atoms with Gasteiger partial charge in [-0.2, -0.15) is 13.2 Å². The topological polar surface area (TPSA) is 73.7 Å². The third-order valence-electron chi connectivity index (χ3n) is 3.65. The molecule has 1 fully saturated rings. The lowest BCUT2D eigenvalue weighted by atomic mass is 10.2. The van der Waals surface area contributed by atoms with Crippen LogP contribution in [0.5, 0.6) is 0 Å². The zero-order valence-electron chi connectivity index (χ0n) is 14.9. The molecule has 1 aromatic heterocycles. The molecule has 2 rings (SSSR count). The fraction of sp³-hybridized carbons (Fsp3) is 0.688. The van der Waals surface area contributed by atoms with E-state index in [-0.39, 0.29) is 5.82 Å². The van der Waals surface area contributed by atoms with Crippen LogP contribution in [0, 0.1) is 0 Å². The maximum atomic E-state index is 12.5. The van der Waals surface area contributed by atoms with E-state index >= 15 is 0 Å². The minimum atomic E-state index is -4.40. The molecule has 0 radical (unpaired) electrons. The number of esters is 1. The van der Waals surface area contributed by atoms with E-state index in [1.807, 2.05) is 0 Å². The highest BCUT2D eigenvalue weighted by molar-refractivity contribution is 5.82. The molecule has 10 heteroatoms. The number of rotatable bonds is 4. The first-order chi connectivity index (χ1) is 12.0. The second-order valence-corrected chi connectivity index (χ2v) is 7.03. The molecule has 1 atom stereocenters. The van der Waals surface area contributed by atoms with Gasteiger partial charge >= 0.3 is 18.2 Å². The minimum Gasteiger partial charge on any atom is -0.456 e. The van der Waals surface area contributed by atoms with Gasteiger partial charge < -0.3 is 14.0 Å². The largest absolute Gasteiger partial charge is 0.456 e. The van der Waals surface area contributed by atoms with Crippen molar-refractivity contribution in [3.63, 3.8) is 0 Å². The number of alkyl halides is 3. The first-order valence-corrected chi connectivity index (χ1v) is 8.19. The Morgan fingerprint density at radius 3 is 2.62 bits per heavy atom. The molecule has 0 aromatic carbocycles. The van der Waals surface area contributed by atoms with Gasteiger partial charge in [0.2, 0.25) is 0 Å². The summed E-state index contributed by atoms with van der Waals surface area (Å²) in [4.78, 5) is 29.5. The lowest BCUT2D eigenvalue weighted by Crippen LogP contribution is -2.44. The molecule has 1 aliphatic heterocycles. The van der Waals surface area contributed by atoms with E-state index < -0.39 is 43.0 Å². The summed E-state index contributed by atoms with van der Waals surface area (Å²) in [5, 5.41) is 0. The van der Waals surface area contributed by atoms with Gasteiger partial charge in [-0.25, -0.2) is 14.6 Å². The number of imidazole rings is 1. The lowest BCUT2D eigenvalue weighted by molar-refractivity contribution is -0.151. The van der Waals surface area contributed by atoms with E-state index in [2.05, 4.69) is 4.98 Å². The van der Waals surface area contributed by atoms with E-state index in [4.69, 9.17) is 9.47 Å². The molecule has 0 saturated carbocycles. The number of aromatic nitrogens is 2. The Morgan fingerprint density at radius 1 is 1.31 bits per heavy atom. The third kappa shape index (κ3) is 5.63. The quantitative estimate of drug-likeness (QED) is 0.755. The van der Waals surface area contributed by atoms with Gasteiger partial charge in [-0.05, 0) is 33.6 Å². The Labute approximate surface area is 149 Å². The fourth-order valence-electron chi connectivity index (χ4n) is 2.60. The summed E-state index contributed by atoms with van der Waals surface area (Å²) < 4.78 is 48.7. The van der Waals surface area contributed by atoms with Crippen molar-refractivity contribution >= 4 is 12.1 Å². The number of likely N-dealkylation sites (tertiary alicyclic amines) is 1. The Morgan fingerprint density at radius 2 is 2.00 bits per heavy atom. The molecule has 0 aliphatic carbocycles. The molecule has 0 N–H and O–H groups in total. The molecule has 0 bridgehead atoms. The van der Waals surface area contributed by atoms with E-state index in [1.165, 1.54) is 17.3 Å². The summed E-state index contributed by atoms with van der Waals surface area (Å²) in [5.41, 5.74) is -0.698. The van der Waals surface area contributed by atoms with Crippen LogP contribution in [-0.2, 0) is 27.4 Å². The first kappa shape index (κ1) is 20.1. The van der Waals surface area contributed by atoms with Gasteiger partial charge in [0.25, 0.3) is 0 Å². The van der Waals surface area contributed by atoms with E-state index in [1.54, 1.807) is 20.8 Å². The highest BCUT2D eigenvalue weighted by Gasteiger charge is 2.38. The molecule has 1 aromatic rings. The van der Waals surface area contributed by atoms with Crippen molar-refractivity contribution in [1.29, 1.82) is 0 Å². The summed E-state index contributed by atoms with van der Waals surface area (Å²) >= 11 is 0. The second-order valence-electron chi connectivity index (χ2n) is 7.03. The SMILES string of the molecule is CC(C)(C)OC(=O)N1CCCC1C(=O)OCc1nccn1CC(F)(F)F. The van der Waals surface area contributed by atoms with Gasteiger partial charge in [0.1, 0.15) is 30.6 Å². The average Bonchev–Trinajstić information content (AvgIpc) is 3.10. The van der Waals surface area contributed by atoms with Crippen molar-refractivity contribution in [3.05, 3.63) is 18.2 Å². The zero-order chi connectivity index (χ0) is 19.5. The summed E-state index contributed by atoms with van der Waals surface area (Å²) in [7, 11) is 0. The van der Waals surface area contributed by atoms with Crippen LogP contribution in [0.1, 0.15) is 39.4 Å². The molecule has 0 spiro atoms. The standard InChI is InChI=1S/C16H22F3N3O4/c1-15(2,3)26-14(24)22-7-4-5-11(22)13(23)25-9-12-20-6-8-21(12)10-16(17,18)19/h6,8,11H,4-5,7,9-10H2,1-3H3. The number of halogens is 3. The number of nitrogens with zero attached hydrogens (tertiary/aromatic N) is 3. The Hall–Kier alpha value is -2.26. The molecule has 7 nitrogen and oxygen atoms in total. The number of carbonyl (C=O) groups is 2. The molecule has 1 aliphatic rings. The van der Waals surface area contributed by atoms with Crippen LogP contribution in [0.25, 0.3) is 0 Å². The normalized spacial score (nSPS) is 18.1. The molecular weight excluding hydrogens is 355 g/mol. The molecule has 2 heterocycles. The fourth-order valence-corrected chi connectivity index (χ4v) is 2.60. The van der Waals surface area contributed by atoms with Crippen molar-refractivity contribution in [2.24, 2.45) is 0 Å². The van der Waals surface area contributed by atoms with Crippen LogP contribution in [-0.4, -0.2) is 50.9 Å². The Bertz CT molecular complexity index is 652. The monoisotopic (exact) mass is 377 g/mol. The smallest absolute Gasteiger partial charge is 0.411 e. The number of hydrogen-bond acceptors (Lipinski definition) is 5. The third-order valence-corrected chi connectivity index (χ3v) is 3.65. The summed E-state index contributed by atoms with van der Waals surface area (Å²) in [6, 6.07) is -0.809. The summed E-state index contributed by atoms with van der Waals surface area (Å²) in [6.45, 7) is 3.89. The number of hydrogen-bond donors (Lipinski definition) is 0. The van der Waals surface area contributed by atoms with Crippen molar-refractivity contribution in [1.82, 2.24) is 14.5 Å². The number of ether oxygens (including phenoxy) is 2. The van der Waals surface area contributed by atoms with E-state index in [9.17, 15) is 22.8 Å². The predicted molar refractivity (Wildman–Crippen MR) is 84.0 cm³/mol. The summed E-state index contributed by atoms with van der Waals surface area (Å²) in [5.74, 6) is -0.701. The Balaban J connectivity index is 1.95. The van der Waals surface area contributed by atoms with Gasteiger partial charge in [0.15, 0.2) is 0 Å². The lowest BCUT2D eigenvalue weighted by Gasteiger charge is -2.27. The minimum absolute atomic E-state index is 0.0162. The highest BCUT2D eigenvalue weighted by Crippen LogP contribution is 2.23. The van der Waals surface area contributed by atoms with Crippen LogP contribution >= 0.6 is 0 Å². The van der Waals surface area contributed by atoms with Crippen molar-refractivity contribution in [2.75, 3.05) is 6.54 Å². The number of amides is 1. The van der Waals surface area contributed by atoms with Crippen LogP contribution in [0.15, 0.2) is 12.4 Å². The van der Waals surface area contributed by atoms with Gasteiger partial charge in [-0.15, -0.1) is 0 Å². The van der Waals surface area contributed by atoms with Crippen LogP contribution in [0.2, 0.25) is 0 Å². The second kappa shape index (κ2) is 7.55. The molecule has 1 saturated heterocycles. The van der Waals surface area contributed by atoms with Crippen molar-refractivity contribution in [2.45, 2.75) is 64.6 Å². The van der Waals surface area contributed by atoms with Gasteiger partial charge in [0.05, 0.1) is 0 Å². The Kier molecular flexibility index (Phi) is 5.82. The molecule has 26 heavy (non-hydrogen) atoms. The maximum Gasteiger partial charge on any atom is 0.411 e.